The van der Waals surface area contributed by atoms with E-state index in [1.165, 1.54) is 19.3 Å². The van der Waals surface area contributed by atoms with E-state index in [0.717, 1.165) is 19.3 Å². The van der Waals surface area contributed by atoms with Crippen LogP contribution in [0.2, 0.25) is 0 Å². The summed E-state index contributed by atoms with van der Waals surface area (Å²) in [6.07, 6.45) is 4.53. The molecule has 1 aliphatic heterocycles. The molecule has 0 radical (unpaired) electrons. The molecule has 0 aromatic carbocycles. The number of aliphatic hydroxyl groups is 3. The first-order chi connectivity index (χ1) is 8.53. The highest BCUT2D eigenvalue weighted by atomic mass is 16.6. The van der Waals surface area contributed by atoms with Gasteiger partial charge in [-0.15, -0.1) is 0 Å². The van der Waals surface area contributed by atoms with Crippen molar-refractivity contribution >= 4 is 0 Å². The minimum absolute atomic E-state index is 0.0550. The van der Waals surface area contributed by atoms with Gasteiger partial charge in [-0.3, -0.25) is 0 Å². The third-order valence-electron chi connectivity index (χ3n) is 6.18. The van der Waals surface area contributed by atoms with E-state index in [-0.39, 0.29) is 12.0 Å². The highest BCUT2D eigenvalue weighted by molar-refractivity contribution is 5.15. The molecule has 4 bridgehead atoms. The SMILES string of the molecule is OC1OC[C@@H](O)[C@]1(O)C12CC3CC(CC(C3)C1)C2. The lowest BCUT2D eigenvalue weighted by atomic mass is 9.44. The van der Waals surface area contributed by atoms with E-state index in [1.54, 1.807) is 0 Å². The Morgan fingerprint density at radius 2 is 1.39 bits per heavy atom. The summed E-state index contributed by atoms with van der Waals surface area (Å²) in [4.78, 5) is 0. The zero-order chi connectivity index (χ0) is 12.5. The van der Waals surface area contributed by atoms with Crippen molar-refractivity contribution in [2.75, 3.05) is 6.61 Å². The van der Waals surface area contributed by atoms with Crippen molar-refractivity contribution in [2.24, 2.45) is 23.2 Å². The van der Waals surface area contributed by atoms with Crippen molar-refractivity contribution in [3.05, 3.63) is 0 Å². The maximum atomic E-state index is 11.0. The average molecular weight is 254 g/mol. The normalized spacial score (nSPS) is 62.5. The van der Waals surface area contributed by atoms with Crippen LogP contribution in [0.3, 0.4) is 0 Å². The summed E-state index contributed by atoms with van der Waals surface area (Å²) in [7, 11) is 0. The highest BCUT2D eigenvalue weighted by Crippen LogP contribution is 2.65. The Labute approximate surface area is 107 Å². The van der Waals surface area contributed by atoms with Crippen molar-refractivity contribution < 1.29 is 20.1 Å². The quantitative estimate of drug-likeness (QED) is 0.642. The Bertz CT molecular complexity index is 322. The van der Waals surface area contributed by atoms with Crippen molar-refractivity contribution in [3.8, 4) is 0 Å². The van der Waals surface area contributed by atoms with E-state index >= 15 is 0 Å². The van der Waals surface area contributed by atoms with Crippen LogP contribution in [-0.4, -0.2) is 39.9 Å². The Morgan fingerprint density at radius 3 is 1.78 bits per heavy atom. The highest BCUT2D eigenvalue weighted by Gasteiger charge is 2.67. The summed E-state index contributed by atoms with van der Waals surface area (Å²) >= 11 is 0. The zero-order valence-corrected chi connectivity index (χ0v) is 10.6. The van der Waals surface area contributed by atoms with Gasteiger partial charge in [-0.25, -0.2) is 0 Å². The molecule has 4 aliphatic carbocycles. The van der Waals surface area contributed by atoms with Crippen LogP contribution in [0.1, 0.15) is 38.5 Å². The van der Waals surface area contributed by atoms with Gasteiger partial charge >= 0.3 is 0 Å². The molecule has 5 fully saturated rings. The maximum absolute atomic E-state index is 11.0. The maximum Gasteiger partial charge on any atom is 0.187 e. The molecule has 1 heterocycles. The van der Waals surface area contributed by atoms with Crippen LogP contribution in [0.4, 0.5) is 0 Å². The van der Waals surface area contributed by atoms with Gasteiger partial charge in [0.2, 0.25) is 0 Å². The van der Waals surface area contributed by atoms with Gasteiger partial charge < -0.3 is 20.1 Å². The molecule has 4 heteroatoms. The van der Waals surface area contributed by atoms with Crippen LogP contribution in [0.15, 0.2) is 0 Å². The van der Waals surface area contributed by atoms with Crippen LogP contribution in [0.5, 0.6) is 0 Å². The Balaban J connectivity index is 1.75. The molecule has 1 saturated heterocycles. The van der Waals surface area contributed by atoms with Gasteiger partial charge in [0.25, 0.3) is 0 Å². The molecule has 1 unspecified atom stereocenters. The van der Waals surface area contributed by atoms with E-state index in [4.69, 9.17) is 4.74 Å². The Kier molecular flexibility index (Phi) is 2.25. The first-order valence-corrected chi connectivity index (χ1v) is 7.23. The van der Waals surface area contributed by atoms with E-state index in [9.17, 15) is 15.3 Å². The predicted octanol–water partition coefficient (Wildman–Crippen LogP) is 0.643. The van der Waals surface area contributed by atoms with Crippen LogP contribution in [0, 0.1) is 23.2 Å². The lowest BCUT2D eigenvalue weighted by Crippen LogP contribution is -2.65. The predicted molar refractivity (Wildman–Crippen MR) is 63.5 cm³/mol. The lowest BCUT2D eigenvalue weighted by molar-refractivity contribution is -0.265. The van der Waals surface area contributed by atoms with Crippen molar-refractivity contribution in [1.82, 2.24) is 0 Å². The molecule has 0 aromatic rings. The molecule has 4 nitrogen and oxygen atoms in total. The third kappa shape index (κ3) is 1.25. The summed E-state index contributed by atoms with van der Waals surface area (Å²) in [5.41, 5.74) is -1.75. The fourth-order valence-corrected chi connectivity index (χ4v) is 5.82. The molecule has 5 rings (SSSR count). The number of rotatable bonds is 1. The number of hydrogen-bond donors (Lipinski definition) is 3. The number of aliphatic hydroxyl groups excluding tert-OH is 2. The number of ether oxygens (including phenoxy) is 1. The summed E-state index contributed by atoms with van der Waals surface area (Å²) < 4.78 is 5.13. The molecule has 0 amide bonds. The van der Waals surface area contributed by atoms with Gasteiger partial charge in [0.15, 0.2) is 6.29 Å². The van der Waals surface area contributed by atoms with E-state index in [2.05, 4.69) is 0 Å². The standard InChI is InChI=1S/C14H22O4/c15-11-7-18-12(16)14(11,17)13-4-8-1-9(5-13)3-10(2-8)6-13/h8-12,15-17H,1-7H2/t8?,9?,10?,11-,12?,13?,14-/m1/s1. The first-order valence-electron chi connectivity index (χ1n) is 7.23. The number of hydrogen-bond acceptors (Lipinski definition) is 4. The molecule has 5 aliphatic rings. The summed E-state index contributed by atoms with van der Waals surface area (Å²) in [6, 6.07) is 0. The first kappa shape index (κ1) is 11.6. The minimum Gasteiger partial charge on any atom is -0.387 e. The van der Waals surface area contributed by atoms with Gasteiger partial charge in [-0.05, 0) is 56.3 Å². The smallest absolute Gasteiger partial charge is 0.187 e. The summed E-state index contributed by atoms with van der Waals surface area (Å²) in [5, 5.41) is 31.2. The topological polar surface area (TPSA) is 69.9 Å². The van der Waals surface area contributed by atoms with Crippen LogP contribution < -0.4 is 0 Å². The van der Waals surface area contributed by atoms with Gasteiger partial charge in [0.1, 0.15) is 11.7 Å². The second kappa shape index (κ2) is 3.48. The van der Waals surface area contributed by atoms with E-state index < -0.39 is 18.0 Å². The Morgan fingerprint density at radius 1 is 0.889 bits per heavy atom. The molecule has 3 atom stereocenters. The largest absolute Gasteiger partial charge is 0.387 e. The Hall–Kier alpha value is -0.160. The van der Waals surface area contributed by atoms with Crippen LogP contribution in [-0.2, 0) is 4.74 Å². The zero-order valence-electron chi connectivity index (χ0n) is 10.6. The third-order valence-corrected chi connectivity index (χ3v) is 6.18. The molecule has 0 spiro atoms. The van der Waals surface area contributed by atoms with Crippen molar-refractivity contribution in [2.45, 2.75) is 56.5 Å². The molecule has 18 heavy (non-hydrogen) atoms. The summed E-state index contributed by atoms with van der Waals surface area (Å²) in [5.74, 6) is 2.04. The van der Waals surface area contributed by atoms with Crippen LogP contribution >= 0.6 is 0 Å². The van der Waals surface area contributed by atoms with Crippen molar-refractivity contribution in [3.63, 3.8) is 0 Å². The van der Waals surface area contributed by atoms with Gasteiger partial charge in [0.05, 0.1) is 6.61 Å². The fraction of sp³-hybridized carbons (Fsp3) is 1.00. The molecule has 4 saturated carbocycles. The lowest BCUT2D eigenvalue weighted by Gasteiger charge is -2.62. The molecular formula is C14H22O4. The molecule has 0 aromatic heterocycles. The van der Waals surface area contributed by atoms with Crippen molar-refractivity contribution in [1.29, 1.82) is 0 Å². The van der Waals surface area contributed by atoms with E-state index in [0.29, 0.717) is 17.8 Å². The second-order valence-electron chi connectivity index (χ2n) is 7.22. The van der Waals surface area contributed by atoms with Crippen LogP contribution in [0.25, 0.3) is 0 Å². The molecular weight excluding hydrogens is 232 g/mol. The molecule has 102 valence electrons. The monoisotopic (exact) mass is 254 g/mol. The summed E-state index contributed by atoms with van der Waals surface area (Å²) in [6.45, 7) is 0.0550. The average Bonchev–Trinajstić information content (AvgIpc) is 2.57. The van der Waals surface area contributed by atoms with Gasteiger partial charge in [-0.2, -0.15) is 0 Å². The fourth-order valence-electron chi connectivity index (χ4n) is 5.82. The van der Waals surface area contributed by atoms with Gasteiger partial charge in [-0.1, -0.05) is 0 Å². The minimum atomic E-state index is -1.44. The molecule has 3 N–H and O–H groups in total. The second-order valence-corrected chi connectivity index (χ2v) is 7.22. The van der Waals surface area contributed by atoms with E-state index in [1.807, 2.05) is 0 Å². The van der Waals surface area contributed by atoms with Gasteiger partial charge in [0, 0.05) is 5.41 Å².